The summed E-state index contributed by atoms with van der Waals surface area (Å²) in [7, 11) is 0. The van der Waals surface area contributed by atoms with E-state index in [1.807, 2.05) is 12.1 Å². The smallest absolute Gasteiger partial charge is 0.143 e. The van der Waals surface area contributed by atoms with Crippen molar-refractivity contribution in [2.45, 2.75) is 19.3 Å². The molecule has 48 heavy (non-hydrogen) atoms. The fourth-order valence-corrected chi connectivity index (χ4v) is 7.21. The van der Waals surface area contributed by atoms with Crippen molar-refractivity contribution >= 4 is 28.0 Å². The minimum absolute atomic E-state index is 0.0606. The van der Waals surface area contributed by atoms with Crippen LogP contribution in [0.4, 0.5) is 0 Å². The van der Waals surface area contributed by atoms with E-state index >= 15 is 0 Å². The second-order valence-electron chi connectivity index (χ2n) is 13.2. The molecule has 2 aromatic heterocycles. The van der Waals surface area contributed by atoms with Crippen LogP contribution in [0, 0.1) is 0 Å². The lowest BCUT2D eigenvalue weighted by Gasteiger charge is -2.19. The van der Waals surface area contributed by atoms with Gasteiger partial charge < -0.3 is 4.42 Å². The van der Waals surface area contributed by atoms with E-state index in [-0.39, 0.29) is 5.41 Å². The van der Waals surface area contributed by atoms with Crippen LogP contribution in [0.1, 0.15) is 25.0 Å². The van der Waals surface area contributed by atoms with E-state index in [0.29, 0.717) is 0 Å². The average Bonchev–Trinajstić information content (AvgIpc) is 3.67. The molecule has 0 amide bonds. The summed E-state index contributed by atoms with van der Waals surface area (Å²) in [6.07, 6.45) is 4.59. The molecular formula is C46H33NO. The molecule has 0 spiro atoms. The van der Waals surface area contributed by atoms with Crippen molar-refractivity contribution in [2.24, 2.45) is 0 Å². The summed E-state index contributed by atoms with van der Waals surface area (Å²) in [6.45, 7) is 4.58. The van der Waals surface area contributed by atoms with Crippen LogP contribution in [0.2, 0.25) is 0 Å². The van der Waals surface area contributed by atoms with Crippen LogP contribution in [-0.4, -0.2) is 4.98 Å². The molecule has 1 aliphatic rings. The number of furan rings is 1. The quantitative estimate of drug-likeness (QED) is 0.192. The van der Waals surface area contributed by atoms with Crippen LogP contribution in [-0.2, 0) is 5.41 Å². The molecule has 2 heteroatoms. The largest absolute Gasteiger partial charge is 0.455 e. The third-order valence-electron chi connectivity index (χ3n) is 9.75. The zero-order valence-corrected chi connectivity index (χ0v) is 26.9. The molecule has 0 N–H and O–H groups in total. The molecule has 2 nitrogen and oxygen atoms in total. The van der Waals surface area contributed by atoms with E-state index in [0.717, 1.165) is 61.1 Å². The number of fused-ring (bicyclic) bond motifs is 4. The Balaban J connectivity index is 1.27. The van der Waals surface area contributed by atoms with Gasteiger partial charge in [-0.3, -0.25) is 0 Å². The van der Waals surface area contributed by atoms with Gasteiger partial charge in [0.2, 0.25) is 0 Å². The van der Waals surface area contributed by atoms with E-state index in [2.05, 4.69) is 166 Å². The summed E-state index contributed by atoms with van der Waals surface area (Å²) >= 11 is 0. The molecule has 0 fully saturated rings. The van der Waals surface area contributed by atoms with Gasteiger partial charge in [0.05, 0.1) is 11.4 Å². The van der Waals surface area contributed by atoms with Crippen LogP contribution < -0.4 is 0 Å². The molecular weight excluding hydrogens is 583 g/mol. The van der Waals surface area contributed by atoms with E-state index in [9.17, 15) is 0 Å². The molecule has 0 bridgehead atoms. The number of hydrogen-bond acceptors (Lipinski definition) is 2. The van der Waals surface area contributed by atoms with E-state index in [4.69, 9.17) is 9.40 Å². The third-order valence-corrected chi connectivity index (χ3v) is 9.75. The number of hydrogen-bond donors (Lipinski definition) is 0. The summed E-state index contributed by atoms with van der Waals surface area (Å²) in [4.78, 5) is 5.20. The number of aromatic nitrogens is 1. The molecule has 0 radical (unpaired) electrons. The lowest BCUT2D eigenvalue weighted by atomic mass is 9.83. The van der Waals surface area contributed by atoms with Gasteiger partial charge in [-0.2, -0.15) is 0 Å². The summed E-state index contributed by atoms with van der Waals surface area (Å²) < 4.78 is 7.02. The first-order chi connectivity index (χ1) is 23.5. The molecule has 0 saturated carbocycles. The summed E-state index contributed by atoms with van der Waals surface area (Å²) in [5.74, 6) is 0. The van der Waals surface area contributed by atoms with Gasteiger partial charge in [-0.05, 0) is 51.6 Å². The lowest BCUT2D eigenvalue weighted by Crippen LogP contribution is -2.11. The van der Waals surface area contributed by atoms with Crippen molar-refractivity contribution in [2.75, 3.05) is 0 Å². The molecule has 0 aliphatic heterocycles. The number of para-hydroxylation sites is 1. The summed E-state index contributed by atoms with van der Waals surface area (Å²) in [6, 6.07) is 53.6. The monoisotopic (exact) mass is 615 g/mol. The van der Waals surface area contributed by atoms with Crippen molar-refractivity contribution in [3.8, 4) is 55.9 Å². The number of rotatable bonds is 5. The van der Waals surface area contributed by atoms with Gasteiger partial charge >= 0.3 is 0 Å². The first-order valence-electron chi connectivity index (χ1n) is 16.5. The number of pyridine rings is 1. The molecule has 0 unspecified atom stereocenters. The van der Waals surface area contributed by atoms with Gasteiger partial charge in [-0.1, -0.05) is 159 Å². The zero-order valence-electron chi connectivity index (χ0n) is 26.9. The second kappa shape index (κ2) is 11.1. The second-order valence-corrected chi connectivity index (χ2v) is 13.2. The van der Waals surface area contributed by atoms with E-state index in [1.54, 1.807) is 0 Å². The Morgan fingerprint density at radius 2 is 1.04 bits per heavy atom. The van der Waals surface area contributed by atoms with Gasteiger partial charge in [0.15, 0.2) is 0 Å². The van der Waals surface area contributed by atoms with Crippen LogP contribution in [0.25, 0.3) is 83.9 Å². The van der Waals surface area contributed by atoms with Gasteiger partial charge in [0, 0.05) is 38.4 Å². The van der Waals surface area contributed by atoms with Crippen molar-refractivity contribution in [1.29, 1.82) is 0 Å². The predicted octanol–water partition coefficient (Wildman–Crippen LogP) is 12.6. The molecule has 6 aromatic carbocycles. The zero-order chi connectivity index (χ0) is 32.2. The van der Waals surface area contributed by atoms with Crippen molar-refractivity contribution < 1.29 is 4.42 Å². The molecule has 0 atom stereocenters. The maximum absolute atomic E-state index is 7.02. The summed E-state index contributed by atoms with van der Waals surface area (Å²) in [5.41, 5.74) is 15.2. The fraction of sp³-hybridized carbons (Fsp3) is 0.0652. The Morgan fingerprint density at radius 1 is 0.479 bits per heavy atom. The van der Waals surface area contributed by atoms with Crippen molar-refractivity contribution in [3.63, 3.8) is 0 Å². The topological polar surface area (TPSA) is 26.0 Å². The normalized spacial score (nSPS) is 13.3. The molecule has 2 heterocycles. The predicted molar refractivity (Wildman–Crippen MR) is 201 cm³/mol. The Morgan fingerprint density at radius 3 is 1.71 bits per heavy atom. The Labute approximate surface area is 280 Å². The molecule has 0 saturated heterocycles. The highest BCUT2D eigenvalue weighted by Crippen LogP contribution is 2.48. The van der Waals surface area contributed by atoms with Crippen molar-refractivity contribution in [3.05, 3.63) is 169 Å². The van der Waals surface area contributed by atoms with E-state index in [1.165, 1.54) is 27.8 Å². The molecule has 228 valence electrons. The van der Waals surface area contributed by atoms with Crippen molar-refractivity contribution in [1.82, 2.24) is 4.98 Å². The van der Waals surface area contributed by atoms with Gasteiger partial charge in [0.1, 0.15) is 11.2 Å². The molecule has 1 aliphatic carbocycles. The first kappa shape index (κ1) is 28.3. The Bertz CT molecular complexity index is 2490. The maximum atomic E-state index is 7.02. The summed E-state index contributed by atoms with van der Waals surface area (Å²) in [5, 5.41) is 2.27. The van der Waals surface area contributed by atoms with Crippen LogP contribution in [0.3, 0.4) is 0 Å². The SMILES string of the molecule is CC1(C)C=Cc2c1cc1c(oc3c(-c4cc(-c5ccccc5)nc(-c5ccc(-c6ccccc6)cc5)c4)cccc31)c2-c1ccccc1. The molecule has 8 aromatic rings. The fourth-order valence-electron chi connectivity index (χ4n) is 7.21. The Hall–Kier alpha value is -5.99. The maximum Gasteiger partial charge on any atom is 0.143 e. The number of allylic oxidation sites excluding steroid dienone is 1. The highest BCUT2D eigenvalue weighted by Gasteiger charge is 2.30. The third kappa shape index (κ3) is 4.68. The highest BCUT2D eigenvalue weighted by molar-refractivity contribution is 6.15. The average molecular weight is 616 g/mol. The Kier molecular flexibility index (Phi) is 6.51. The van der Waals surface area contributed by atoms with Crippen LogP contribution >= 0.6 is 0 Å². The standard InChI is InChI=1S/C46H33NO/c1-46(2)26-25-38-40(46)29-39-37-20-12-19-36(44(37)48-45(39)43(38)34-17-10-5-11-18-34)35-27-41(32-15-8-4-9-16-32)47-42(28-35)33-23-21-31(22-24-33)30-13-6-3-7-14-30/h3-29H,1-2H3. The van der Waals surface area contributed by atoms with Crippen LogP contribution in [0.15, 0.2) is 162 Å². The van der Waals surface area contributed by atoms with Crippen LogP contribution in [0.5, 0.6) is 0 Å². The first-order valence-corrected chi connectivity index (χ1v) is 16.5. The number of nitrogens with zero attached hydrogens (tertiary/aromatic N) is 1. The molecule has 9 rings (SSSR count). The van der Waals surface area contributed by atoms with Gasteiger partial charge in [-0.15, -0.1) is 0 Å². The van der Waals surface area contributed by atoms with Gasteiger partial charge in [-0.25, -0.2) is 4.98 Å². The van der Waals surface area contributed by atoms with Gasteiger partial charge in [0.25, 0.3) is 0 Å². The highest BCUT2D eigenvalue weighted by atomic mass is 16.3. The minimum Gasteiger partial charge on any atom is -0.455 e. The lowest BCUT2D eigenvalue weighted by molar-refractivity contribution is 0.667. The van der Waals surface area contributed by atoms with E-state index < -0.39 is 0 Å². The number of benzene rings is 6. The minimum atomic E-state index is -0.0606.